The van der Waals surface area contributed by atoms with E-state index in [0.29, 0.717) is 5.95 Å². The highest BCUT2D eigenvalue weighted by Crippen LogP contribution is 2.45. The number of fused-ring (bicyclic) bond motifs is 12. The third-order valence-electron chi connectivity index (χ3n) is 11.1. The molecule has 8 aromatic carbocycles. The summed E-state index contributed by atoms with van der Waals surface area (Å²) in [5.41, 5.74) is 12.3. The van der Waals surface area contributed by atoms with Crippen LogP contribution in [0.3, 0.4) is 0 Å². The Hall–Kier alpha value is -7.50. The molecule has 12 rings (SSSR count). The molecular weight excluding hydrogens is 673 g/mol. The summed E-state index contributed by atoms with van der Waals surface area (Å²) in [5.74, 6) is 0.616. The van der Waals surface area contributed by atoms with Crippen molar-refractivity contribution in [1.29, 1.82) is 0 Å². The van der Waals surface area contributed by atoms with E-state index in [1.54, 1.807) is 0 Å². The van der Waals surface area contributed by atoms with Crippen molar-refractivity contribution in [2.24, 2.45) is 0 Å². The molecule has 12 aromatic rings. The van der Waals surface area contributed by atoms with E-state index >= 15 is 0 Å². The minimum Gasteiger partial charge on any atom is -0.456 e. The second-order valence-corrected chi connectivity index (χ2v) is 14.1. The lowest BCUT2D eigenvalue weighted by Gasteiger charge is -2.13. The first-order chi connectivity index (χ1) is 27.3. The van der Waals surface area contributed by atoms with Crippen molar-refractivity contribution < 1.29 is 4.42 Å². The first kappa shape index (κ1) is 30.0. The van der Waals surface area contributed by atoms with Crippen LogP contribution in [0.2, 0.25) is 0 Å². The first-order valence-corrected chi connectivity index (χ1v) is 18.6. The van der Waals surface area contributed by atoms with Crippen LogP contribution in [0.25, 0.3) is 110 Å². The van der Waals surface area contributed by atoms with Crippen LogP contribution in [0, 0.1) is 0 Å². The van der Waals surface area contributed by atoms with Gasteiger partial charge in [-0.1, -0.05) is 133 Å². The van der Waals surface area contributed by atoms with Gasteiger partial charge in [0.05, 0.1) is 38.7 Å². The number of nitrogens with zero attached hydrogens (tertiary/aromatic N) is 4. The van der Waals surface area contributed by atoms with Crippen LogP contribution in [0.15, 0.2) is 186 Å². The van der Waals surface area contributed by atoms with Gasteiger partial charge < -0.3 is 8.98 Å². The zero-order chi connectivity index (χ0) is 36.0. The molecule has 0 saturated carbocycles. The van der Waals surface area contributed by atoms with E-state index < -0.39 is 0 Å². The fourth-order valence-electron chi connectivity index (χ4n) is 8.77. The topological polar surface area (TPSA) is 48.8 Å². The lowest BCUT2D eigenvalue weighted by atomic mass is 10.1. The minimum atomic E-state index is 0.616. The van der Waals surface area contributed by atoms with Gasteiger partial charge in [0.1, 0.15) is 11.2 Å². The summed E-state index contributed by atoms with van der Waals surface area (Å²) in [7, 11) is 0. The third-order valence-corrected chi connectivity index (χ3v) is 11.1. The average molecular weight is 703 g/mol. The molecule has 0 aliphatic carbocycles. The molecule has 4 heterocycles. The van der Waals surface area contributed by atoms with Crippen LogP contribution in [0.5, 0.6) is 0 Å². The smallest absolute Gasteiger partial charge is 0.235 e. The molecule has 5 heteroatoms. The van der Waals surface area contributed by atoms with Crippen LogP contribution in [0.4, 0.5) is 0 Å². The van der Waals surface area contributed by atoms with E-state index in [1.165, 1.54) is 11.1 Å². The lowest BCUT2D eigenvalue weighted by Crippen LogP contribution is -2.04. The minimum absolute atomic E-state index is 0.616. The Bertz CT molecular complexity index is 3480. The molecule has 0 atom stereocenters. The van der Waals surface area contributed by atoms with E-state index in [4.69, 9.17) is 14.4 Å². The van der Waals surface area contributed by atoms with Gasteiger partial charge >= 0.3 is 0 Å². The predicted molar refractivity (Wildman–Crippen MR) is 226 cm³/mol. The molecule has 0 radical (unpaired) electrons. The highest BCUT2D eigenvalue weighted by Gasteiger charge is 2.25. The summed E-state index contributed by atoms with van der Waals surface area (Å²) >= 11 is 0. The number of benzene rings is 8. The second-order valence-electron chi connectivity index (χ2n) is 14.1. The Balaban J connectivity index is 1.28. The Kier molecular flexibility index (Phi) is 6.27. The van der Waals surface area contributed by atoms with Gasteiger partial charge in [0.15, 0.2) is 0 Å². The first-order valence-electron chi connectivity index (χ1n) is 18.6. The predicted octanol–water partition coefficient (Wildman–Crippen LogP) is 13.1. The van der Waals surface area contributed by atoms with E-state index in [-0.39, 0.29) is 0 Å². The van der Waals surface area contributed by atoms with Crippen molar-refractivity contribution in [2.75, 3.05) is 0 Å². The number of aromatic nitrogens is 4. The van der Waals surface area contributed by atoms with Gasteiger partial charge in [-0.05, 0) is 59.7 Å². The number of para-hydroxylation sites is 3. The van der Waals surface area contributed by atoms with Gasteiger partial charge in [0.25, 0.3) is 0 Å². The fraction of sp³-hybridized carbons (Fsp3) is 0. The zero-order valence-electron chi connectivity index (χ0n) is 29.5. The monoisotopic (exact) mass is 702 g/mol. The standard InChI is InChI=1S/C50H30N4O/c1-3-14-31(15-4-1)33-18-13-19-34(30-33)53-41-24-11-8-21-38(41)45-42(53)28-26-35-36-27-29-44-46(39-22-9-12-25-43(39)55-44)49(36)54(48(35)45)50-51-40-23-10-7-20-37(40)47(52-50)32-16-5-2-6-17-32/h1-30H. The van der Waals surface area contributed by atoms with E-state index in [9.17, 15) is 0 Å². The molecule has 0 spiro atoms. The van der Waals surface area contributed by atoms with Crippen LogP contribution >= 0.6 is 0 Å². The molecule has 0 N–H and O–H groups in total. The number of hydrogen-bond acceptors (Lipinski definition) is 3. The lowest BCUT2D eigenvalue weighted by molar-refractivity contribution is 0.669. The quantitative estimate of drug-likeness (QED) is 0.183. The fourth-order valence-corrected chi connectivity index (χ4v) is 8.77. The van der Waals surface area contributed by atoms with Gasteiger partial charge in [-0.15, -0.1) is 0 Å². The molecule has 0 bridgehead atoms. The van der Waals surface area contributed by atoms with Crippen molar-refractivity contribution in [2.45, 2.75) is 0 Å². The molecule has 0 saturated heterocycles. The normalized spacial score (nSPS) is 12.0. The molecule has 5 nitrogen and oxygen atoms in total. The van der Waals surface area contributed by atoms with E-state index in [2.05, 4.69) is 173 Å². The molecule has 0 amide bonds. The van der Waals surface area contributed by atoms with Crippen molar-refractivity contribution in [3.05, 3.63) is 182 Å². The van der Waals surface area contributed by atoms with Gasteiger partial charge in [0.2, 0.25) is 5.95 Å². The summed E-state index contributed by atoms with van der Waals surface area (Å²) < 4.78 is 11.2. The zero-order valence-corrected chi connectivity index (χ0v) is 29.5. The molecule has 0 unspecified atom stereocenters. The molecule has 256 valence electrons. The summed E-state index contributed by atoms with van der Waals surface area (Å²) in [6.45, 7) is 0. The molecule has 0 fully saturated rings. The molecule has 0 aliphatic rings. The Morgan fingerprint density at radius 3 is 1.87 bits per heavy atom. The summed E-state index contributed by atoms with van der Waals surface area (Å²) in [6, 6.07) is 64.1. The van der Waals surface area contributed by atoms with Crippen molar-refractivity contribution in [1.82, 2.24) is 19.1 Å². The number of furan rings is 1. The average Bonchev–Trinajstić information content (AvgIpc) is 3.91. The van der Waals surface area contributed by atoms with Crippen molar-refractivity contribution in [3.63, 3.8) is 0 Å². The van der Waals surface area contributed by atoms with Gasteiger partial charge in [-0.2, -0.15) is 0 Å². The van der Waals surface area contributed by atoms with Crippen LogP contribution < -0.4 is 0 Å². The second kappa shape index (κ2) is 11.5. The Morgan fingerprint density at radius 1 is 0.382 bits per heavy atom. The number of hydrogen-bond donors (Lipinski definition) is 0. The van der Waals surface area contributed by atoms with E-state index in [0.717, 1.165) is 93.4 Å². The molecule has 55 heavy (non-hydrogen) atoms. The maximum atomic E-state index is 6.52. The van der Waals surface area contributed by atoms with Gasteiger partial charge in [-0.3, -0.25) is 4.57 Å². The molecule has 4 aromatic heterocycles. The van der Waals surface area contributed by atoms with Gasteiger partial charge in [-0.25, -0.2) is 9.97 Å². The summed E-state index contributed by atoms with van der Waals surface area (Å²) in [5, 5.41) is 7.69. The van der Waals surface area contributed by atoms with Crippen LogP contribution in [-0.4, -0.2) is 19.1 Å². The van der Waals surface area contributed by atoms with E-state index in [1.807, 2.05) is 18.2 Å². The summed E-state index contributed by atoms with van der Waals surface area (Å²) in [6.07, 6.45) is 0. The van der Waals surface area contributed by atoms with Crippen molar-refractivity contribution in [3.8, 4) is 34.0 Å². The Labute approximate surface area is 315 Å². The Morgan fingerprint density at radius 2 is 1.04 bits per heavy atom. The molecule has 0 aliphatic heterocycles. The van der Waals surface area contributed by atoms with Gasteiger partial charge in [0, 0.05) is 43.6 Å². The highest BCUT2D eigenvalue weighted by atomic mass is 16.3. The molecular formula is C50H30N4O. The van der Waals surface area contributed by atoms with Crippen LogP contribution in [-0.2, 0) is 0 Å². The largest absolute Gasteiger partial charge is 0.456 e. The summed E-state index contributed by atoms with van der Waals surface area (Å²) in [4.78, 5) is 10.9. The third kappa shape index (κ3) is 4.35. The van der Waals surface area contributed by atoms with Crippen molar-refractivity contribution >= 4 is 76.5 Å². The number of rotatable bonds is 4. The maximum absolute atomic E-state index is 6.52. The van der Waals surface area contributed by atoms with Crippen LogP contribution in [0.1, 0.15) is 0 Å². The highest BCUT2D eigenvalue weighted by molar-refractivity contribution is 6.30. The SMILES string of the molecule is c1ccc(-c2cccc(-n3c4ccccc4c4c3ccc3c5ccc6oc7ccccc7c6c5n(-c5nc(-c6ccccc6)c6ccccc6n5)c34)c2)cc1. The maximum Gasteiger partial charge on any atom is 0.235 e.